The average Bonchev–Trinajstić information content (AvgIpc) is 3.98. The molecule has 0 aromatic rings. The van der Waals surface area contributed by atoms with E-state index >= 15 is 0 Å². The van der Waals surface area contributed by atoms with Crippen molar-refractivity contribution in [3.8, 4) is 0 Å². The van der Waals surface area contributed by atoms with Crippen LogP contribution >= 0.6 is 0 Å². The largest absolute Gasteiger partial charge is 0.299 e. The third-order valence-corrected chi connectivity index (χ3v) is 19.4. The number of carbonyl (C=O) groups is 4. The number of hydrogen-bond acceptors (Lipinski definition) is 4. The molecule has 8 saturated carbocycles. The van der Waals surface area contributed by atoms with Crippen LogP contribution in [0.5, 0.6) is 0 Å². The van der Waals surface area contributed by atoms with E-state index in [2.05, 4.69) is 39.8 Å². The van der Waals surface area contributed by atoms with Crippen LogP contribution in [-0.4, -0.2) is 23.1 Å². The van der Waals surface area contributed by atoms with Gasteiger partial charge in [-0.2, -0.15) is 0 Å². The van der Waals surface area contributed by atoms with Crippen LogP contribution in [-0.2, 0) is 19.2 Å². The van der Waals surface area contributed by atoms with Crippen LogP contribution in [0.2, 0.25) is 0 Å². The minimum absolute atomic E-state index is 0.108. The van der Waals surface area contributed by atoms with Crippen molar-refractivity contribution in [1.29, 1.82) is 0 Å². The molecule has 0 saturated heterocycles. The van der Waals surface area contributed by atoms with Gasteiger partial charge in [0, 0.05) is 25.7 Å². The molecule has 264 valence electrons. The molecule has 11 unspecified atom stereocenters. The molecule has 0 aliphatic heterocycles. The minimum Gasteiger partial charge on any atom is -0.299 e. The molecule has 8 fully saturated rings. The van der Waals surface area contributed by atoms with Crippen molar-refractivity contribution in [2.24, 2.45) is 79.8 Å². The van der Waals surface area contributed by atoms with Gasteiger partial charge < -0.3 is 0 Å². The Labute approximate surface area is 298 Å². The number of hydrogen-bond donors (Lipinski definition) is 0. The summed E-state index contributed by atoms with van der Waals surface area (Å²) in [4.78, 5) is 50.4. The van der Waals surface area contributed by atoms with Crippen LogP contribution in [0.3, 0.4) is 0 Å². The highest BCUT2D eigenvalue weighted by Crippen LogP contribution is 2.78. The minimum atomic E-state index is -0.108. The summed E-state index contributed by atoms with van der Waals surface area (Å²) in [6, 6.07) is 0. The van der Waals surface area contributed by atoms with Crippen molar-refractivity contribution >= 4 is 23.1 Å². The standard InChI is InChI=1S/2C23H28O2/c2*1-21-7-4-17-20-15-12-14(15)18-11-13(24)3-9-22(18,2)16(20)5-10-23(17,21)19(25)6-8-21/h2*4,11,14-16,20H,3,5-10,12H2,1-2H3/t14?,15?,16?,20?,21-,22?,23?;14-,15?,16?,20?,21-,22?,23?/m00/s1. The van der Waals surface area contributed by atoms with Gasteiger partial charge in [0.25, 0.3) is 0 Å². The van der Waals surface area contributed by atoms with Crippen molar-refractivity contribution in [2.75, 3.05) is 0 Å². The van der Waals surface area contributed by atoms with Gasteiger partial charge >= 0.3 is 0 Å². The van der Waals surface area contributed by atoms with E-state index in [1.54, 1.807) is 11.1 Å². The van der Waals surface area contributed by atoms with Gasteiger partial charge in [0.15, 0.2) is 11.6 Å². The van der Waals surface area contributed by atoms with Gasteiger partial charge in [-0.1, -0.05) is 62.1 Å². The van der Waals surface area contributed by atoms with E-state index in [0.717, 1.165) is 88.9 Å². The van der Waals surface area contributed by atoms with Crippen LogP contribution in [0.25, 0.3) is 0 Å². The number of carbonyl (C=O) groups excluding carboxylic acids is 4. The molecule has 12 rings (SSSR count). The molecule has 0 heterocycles. The molecule has 0 N–H and O–H groups in total. The van der Waals surface area contributed by atoms with Crippen LogP contribution in [0.4, 0.5) is 0 Å². The van der Waals surface area contributed by atoms with Gasteiger partial charge in [0.05, 0.1) is 10.8 Å². The van der Waals surface area contributed by atoms with Gasteiger partial charge in [-0.3, -0.25) is 19.2 Å². The van der Waals surface area contributed by atoms with E-state index < -0.39 is 0 Å². The maximum atomic E-state index is 13.1. The van der Waals surface area contributed by atoms with Crippen molar-refractivity contribution in [2.45, 2.75) is 130 Å². The maximum absolute atomic E-state index is 13.1. The third-order valence-electron chi connectivity index (χ3n) is 19.4. The number of Topliss-reactive ketones (excluding diaryl/α,β-unsaturated/α-hetero) is 2. The second-order valence-corrected chi connectivity index (χ2v) is 20.8. The first kappa shape index (κ1) is 31.2. The summed E-state index contributed by atoms with van der Waals surface area (Å²) < 4.78 is 0. The Morgan fingerprint density at radius 3 is 1.36 bits per heavy atom. The quantitative estimate of drug-likeness (QED) is 0.241. The van der Waals surface area contributed by atoms with Crippen LogP contribution in [0.15, 0.2) is 46.6 Å². The van der Waals surface area contributed by atoms with E-state index in [1.807, 2.05) is 12.2 Å². The zero-order valence-electron chi connectivity index (χ0n) is 30.9. The zero-order valence-corrected chi connectivity index (χ0v) is 30.9. The highest BCUT2D eigenvalue weighted by atomic mass is 16.1. The van der Waals surface area contributed by atoms with Crippen molar-refractivity contribution in [3.05, 3.63) is 46.6 Å². The number of allylic oxidation sites excluding steroid dienone is 8. The van der Waals surface area contributed by atoms with Crippen LogP contribution < -0.4 is 0 Å². The Bertz CT molecular complexity index is 1710. The lowest BCUT2D eigenvalue weighted by atomic mass is 9.46. The molecule has 14 atom stereocenters. The molecule has 12 aliphatic carbocycles. The molecule has 2 spiro atoms. The molecular weight excluding hydrogens is 617 g/mol. The summed E-state index contributed by atoms with van der Waals surface area (Å²) in [6.45, 7) is 9.67. The van der Waals surface area contributed by atoms with E-state index in [9.17, 15) is 19.2 Å². The molecular formula is C46H56O4. The second kappa shape index (κ2) is 9.40. The van der Waals surface area contributed by atoms with Crippen molar-refractivity contribution in [3.63, 3.8) is 0 Å². The first-order chi connectivity index (χ1) is 23.8. The summed E-state index contributed by atoms with van der Waals surface area (Å²) in [5.41, 5.74) is 6.72. The Balaban J connectivity index is 0.000000120. The highest BCUT2D eigenvalue weighted by Gasteiger charge is 2.73. The summed E-state index contributed by atoms with van der Waals surface area (Å²) in [5.74, 6) is 7.07. The van der Waals surface area contributed by atoms with Gasteiger partial charge in [-0.15, -0.1) is 0 Å². The summed E-state index contributed by atoms with van der Waals surface area (Å²) >= 11 is 0. The van der Waals surface area contributed by atoms with E-state index in [4.69, 9.17) is 0 Å². The van der Waals surface area contributed by atoms with Crippen LogP contribution in [0.1, 0.15) is 130 Å². The fourth-order valence-corrected chi connectivity index (χ4v) is 16.6. The van der Waals surface area contributed by atoms with Gasteiger partial charge in [-0.25, -0.2) is 0 Å². The molecule has 0 aromatic heterocycles. The normalized spacial score (nSPS) is 55.4. The topological polar surface area (TPSA) is 68.3 Å². The molecule has 0 bridgehead atoms. The number of fused-ring (bicyclic) bond motifs is 14. The van der Waals surface area contributed by atoms with Gasteiger partial charge in [-0.05, 0) is 158 Å². The second-order valence-electron chi connectivity index (χ2n) is 20.8. The molecule has 4 heteroatoms. The van der Waals surface area contributed by atoms with Crippen molar-refractivity contribution < 1.29 is 19.2 Å². The Hall–Kier alpha value is -2.36. The van der Waals surface area contributed by atoms with E-state index in [0.29, 0.717) is 58.6 Å². The molecule has 50 heavy (non-hydrogen) atoms. The molecule has 0 amide bonds. The molecule has 12 aliphatic rings. The molecule has 0 radical (unpaired) electrons. The lowest BCUT2D eigenvalue weighted by molar-refractivity contribution is -0.131. The zero-order chi connectivity index (χ0) is 34.4. The highest BCUT2D eigenvalue weighted by molar-refractivity contribution is 5.95. The fraction of sp³-hybridized carbons (Fsp3) is 0.739. The smallest absolute Gasteiger partial charge is 0.155 e. The lowest BCUT2D eigenvalue weighted by Gasteiger charge is -2.56. The van der Waals surface area contributed by atoms with E-state index in [1.165, 1.54) is 36.8 Å². The molecule has 0 aromatic carbocycles. The fourth-order valence-electron chi connectivity index (χ4n) is 16.6. The Kier molecular flexibility index (Phi) is 5.87. The maximum Gasteiger partial charge on any atom is 0.155 e. The number of ketones is 4. The number of rotatable bonds is 0. The molecule has 4 nitrogen and oxygen atoms in total. The Morgan fingerprint density at radius 2 is 0.940 bits per heavy atom. The average molecular weight is 673 g/mol. The lowest BCUT2D eigenvalue weighted by Crippen LogP contribution is -2.52. The SMILES string of the molecule is CC12CCC(=O)C=C1C1CC1C1C3=CC[C@@]4(C)CCC(=O)C34CCC12.CC12CCC(=O)C=C1[C@H]1CC1C1C3=CC[C@@]4(C)CCC(=O)C34CCC12. The monoisotopic (exact) mass is 672 g/mol. The summed E-state index contributed by atoms with van der Waals surface area (Å²) in [6.07, 6.45) is 25.7. The Morgan fingerprint density at radius 1 is 0.520 bits per heavy atom. The van der Waals surface area contributed by atoms with Gasteiger partial charge in [0.1, 0.15) is 11.6 Å². The van der Waals surface area contributed by atoms with Gasteiger partial charge in [0.2, 0.25) is 0 Å². The predicted molar refractivity (Wildman–Crippen MR) is 191 cm³/mol. The third kappa shape index (κ3) is 3.40. The van der Waals surface area contributed by atoms with E-state index in [-0.39, 0.29) is 32.5 Å². The first-order valence-corrected chi connectivity index (χ1v) is 20.8. The van der Waals surface area contributed by atoms with Crippen molar-refractivity contribution in [1.82, 2.24) is 0 Å². The first-order valence-electron chi connectivity index (χ1n) is 20.8. The van der Waals surface area contributed by atoms with Crippen LogP contribution in [0, 0.1) is 79.8 Å². The summed E-state index contributed by atoms with van der Waals surface area (Å²) in [5, 5.41) is 0. The summed E-state index contributed by atoms with van der Waals surface area (Å²) in [7, 11) is 0. The predicted octanol–water partition coefficient (Wildman–Crippen LogP) is 9.29.